The molecule has 0 amide bonds. The molecule has 18 heavy (non-hydrogen) atoms. The van der Waals surface area contributed by atoms with E-state index in [9.17, 15) is 5.11 Å². The second-order valence-electron chi connectivity index (χ2n) is 4.65. The number of hydrogen-bond acceptors (Lipinski definition) is 4. The van der Waals surface area contributed by atoms with Crippen LogP contribution in [0.5, 0.6) is 0 Å². The third kappa shape index (κ3) is 5.78. The molecule has 0 aromatic carbocycles. The van der Waals surface area contributed by atoms with Gasteiger partial charge in [-0.3, -0.25) is 0 Å². The first kappa shape index (κ1) is 15.4. The topological polar surface area (TPSA) is 58.9 Å². The Labute approximate surface area is 109 Å². The monoisotopic (exact) mass is 256 g/mol. The van der Waals surface area contributed by atoms with E-state index in [4.69, 9.17) is 14.6 Å². The van der Waals surface area contributed by atoms with Crippen LogP contribution in [0.4, 0.5) is 0 Å². The van der Waals surface area contributed by atoms with Gasteiger partial charge < -0.3 is 19.7 Å². The van der Waals surface area contributed by atoms with Crippen molar-refractivity contribution in [3.63, 3.8) is 0 Å². The van der Waals surface area contributed by atoms with E-state index in [0.717, 1.165) is 24.0 Å². The predicted molar refractivity (Wildman–Crippen MR) is 70.1 cm³/mol. The van der Waals surface area contributed by atoms with Crippen molar-refractivity contribution in [3.05, 3.63) is 23.3 Å². The highest BCUT2D eigenvalue weighted by Crippen LogP contribution is 2.15. The molecule has 2 N–H and O–H groups in total. The van der Waals surface area contributed by atoms with Gasteiger partial charge in [0.2, 0.25) is 0 Å². The third-order valence-electron chi connectivity index (χ3n) is 2.90. The average molecular weight is 256 g/mol. The minimum absolute atomic E-state index is 0.0142. The molecular formula is C14H24O4. The number of aliphatic hydroxyl groups is 2. The molecule has 1 atom stereocenters. The lowest BCUT2D eigenvalue weighted by atomic mass is 10.1. The zero-order chi connectivity index (χ0) is 13.4. The van der Waals surface area contributed by atoms with Gasteiger partial charge in [0.1, 0.15) is 0 Å². The van der Waals surface area contributed by atoms with Crippen molar-refractivity contribution in [2.45, 2.75) is 45.5 Å². The van der Waals surface area contributed by atoms with Gasteiger partial charge in [0.15, 0.2) is 6.29 Å². The van der Waals surface area contributed by atoms with Gasteiger partial charge in [0.05, 0.1) is 19.3 Å². The molecule has 1 aliphatic heterocycles. The largest absolute Gasteiger partial charge is 0.396 e. The maximum Gasteiger partial charge on any atom is 0.179 e. The maximum atomic E-state index is 9.51. The quantitative estimate of drug-likeness (QED) is 0.682. The van der Waals surface area contributed by atoms with Gasteiger partial charge in [-0.15, -0.1) is 0 Å². The Morgan fingerprint density at radius 3 is 2.61 bits per heavy atom. The first-order valence-electron chi connectivity index (χ1n) is 6.49. The van der Waals surface area contributed by atoms with Gasteiger partial charge in [-0.2, -0.15) is 0 Å². The number of allylic oxidation sites excluding steroid dienone is 2. The summed E-state index contributed by atoms with van der Waals surface area (Å²) in [7, 11) is 0. The summed E-state index contributed by atoms with van der Waals surface area (Å²) in [6.45, 7) is 5.35. The molecule has 104 valence electrons. The van der Waals surface area contributed by atoms with Gasteiger partial charge in [-0.25, -0.2) is 0 Å². The molecule has 4 nitrogen and oxygen atoms in total. The molecule has 1 fully saturated rings. The van der Waals surface area contributed by atoms with E-state index >= 15 is 0 Å². The van der Waals surface area contributed by atoms with Crippen molar-refractivity contribution in [3.8, 4) is 0 Å². The molecule has 0 aliphatic carbocycles. The van der Waals surface area contributed by atoms with Crippen LogP contribution in [0.1, 0.15) is 33.1 Å². The normalized spacial score (nSPS) is 20.4. The Bertz CT molecular complexity index is 290. The van der Waals surface area contributed by atoms with E-state index in [0.29, 0.717) is 19.6 Å². The van der Waals surface area contributed by atoms with Crippen molar-refractivity contribution < 1.29 is 19.7 Å². The van der Waals surface area contributed by atoms with Crippen LogP contribution in [0.15, 0.2) is 23.3 Å². The number of rotatable bonds is 7. The fourth-order valence-electron chi connectivity index (χ4n) is 1.87. The highest BCUT2D eigenvalue weighted by molar-refractivity contribution is 5.07. The summed E-state index contributed by atoms with van der Waals surface area (Å²) < 4.78 is 10.8. The Hall–Kier alpha value is -0.680. The van der Waals surface area contributed by atoms with Crippen molar-refractivity contribution in [2.24, 2.45) is 0 Å². The highest BCUT2D eigenvalue weighted by Gasteiger charge is 2.16. The summed E-state index contributed by atoms with van der Waals surface area (Å²) in [6.07, 6.45) is 5.41. The molecule has 1 heterocycles. The van der Waals surface area contributed by atoms with E-state index < -0.39 is 6.10 Å². The zero-order valence-electron chi connectivity index (χ0n) is 11.3. The summed E-state index contributed by atoms with van der Waals surface area (Å²) in [5.74, 6) is 0. The minimum atomic E-state index is -0.540. The Morgan fingerprint density at radius 2 is 2.00 bits per heavy atom. The fourth-order valence-corrected chi connectivity index (χ4v) is 1.87. The predicted octanol–water partition coefficient (Wildman–Crippen LogP) is 1.78. The summed E-state index contributed by atoms with van der Waals surface area (Å²) in [4.78, 5) is 0. The van der Waals surface area contributed by atoms with Crippen LogP contribution < -0.4 is 0 Å². The molecule has 4 heteroatoms. The van der Waals surface area contributed by atoms with Crippen LogP contribution in [-0.2, 0) is 9.47 Å². The zero-order valence-corrected chi connectivity index (χ0v) is 11.3. The van der Waals surface area contributed by atoms with E-state index in [1.807, 2.05) is 19.9 Å². The smallest absolute Gasteiger partial charge is 0.179 e. The second kappa shape index (κ2) is 8.43. The Kier molecular flexibility index (Phi) is 7.20. The molecule has 0 bridgehead atoms. The lowest BCUT2D eigenvalue weighted by Crippen LogP contribution is -2.08. The number of hydrogen-bond donors (Lipinski definition) is 2. The van der Waals surface area contributed by atoms with Crippen molar-refractivity contribution in [1.82, 2.24) is 0 Å². The Balaban J connectivity index is 2.29. The Morgan fingerprint density at radius 1 is 1.33 bits per heavy atom. The first-order chi connectivity index (χ1) is 8.63. The molecule has 1 saturated heterocycles. The molecule has 0 spiro atoms. The van der Waals surface area contributed by atoms with E-state index in [2.05, 4.69) is 6.08 Å². The third-order valence-corrected chi connectivity index (χ3v) is 2.90. The lowest BCUT2D eigenvalue weighted by molar-refractivity contribution is -0.0112. The van der Waals surface area contributed by atoms with Gasteiger partial charge in [-0.1, -0.05) is 17.7 Å². The molecule has 0 aromatic rings. The molecular weight excluding hydrogens is 232 g/mol. The van der Waals surface area contributed by atoms with Gasteiger partial charge in [-0.05, 0) is 38.7 Å². The number of ether oxygens (including phenoxy) is 2. The lowest BCUT2D eigenvalue weighted by Gasteiger charge is -2.09. The summed E-state index contributed by atoms with van der Waals surface area (Å²) in [6, 6.07) is 0. The summed E-state index contributed by atoms with van der Waals surface area (Å²) in [5, 5.41) is 18.2. The maximum absolute atomic E-state index is 9.51. The van der Waals surface area contributed by atoms with Gasteiger partial charge in [0.25, 0.3) is 0 Å². The van der Waals surface area contributed by atoms with Crippen LogP contribution in [-0.4, -0.2) is 42.4 Å². The SMILES string of the molecule is C/C(=C\C(O)CCO)CC/C=C(\C)C1OCCO1. The molecule has 0 radical (unpaired) electrons. The molecule has 1 aliphatic rings. The summed E-state index contributed by atoms with van der Waals surface area (Å²) in [5.41, 5.74) is 2.24. The van der Waals surface area contributed by atoms with Crippen molar-refractivity contribution in [2.75, 3.05) is 19.8 Å². The summed E-state index contributed by atoms with van der Waals surface area (Å²) >= 11 is 0. The average Bonchev–Trinajstić information content (AvgIpc) is 2.82. The molecule has 1 unspecified atom stereocenters. The first-order valence-corrected chi connectivity index (χ1v) is 6.49. The van der Waals surface area contributed by atoms with E-state index in [-0.39, 0.29) is 12.9 Å². The fraction of sp³-hybridized carbons (Fsp3) is 0.714. The van der Waals surface area contributed by atoms with Gasteiger partial charge >= 0.3 is 0 Å². The molecule has 0 aromatic heterocycles. The van der Waals surface area contributed by atoms with Crippen LogP contribution >= 0.6 is 0 Å². The van der Waals surface area contributed by atoms with Crippen LogP contribution in [0.3, 0.4) is 0 Å². The van der Waals surface area contributed by atoms with Gasteiger partial charge in [0, 0.05) is 6.61 Å². The van der Waals surface area contributed by atoms with Crippen LogP contribution in [0.2, 0.25) is 0 Å². The van der Waals surface area contributed by atoms with Crippen molar-refractivity contribution in [1.29, 1.82) is 0 Å². The minimum Gasteiger partial charge on any atom is -0.396 e. The van der Waals surface area contributed by atoms with Crippen LogP contribution in [0, 0.1) is 0 Å². The standard InChI is InChI=1S/C14H24O4/c1-11(10-13(16)6-7-15)4-3-5-12(2)14-17-8-9-18-14/h5,10,13-16H,3-4,6-9H2,1-2H3/b11-10+,12-5+. The van der Waals surface area contributed by atoms with E-state index in [1.165, 1.54) is 0 Å². The molecule has 1 rings (SSSR count). The molecule has 0 saturated carbocycles. The van der Waals surface area contributed by atoms with E-state index in [1.54, 1.807) is 0 Å². The van der Waals surface area contributed by atoms with Crippen LogP contribution in [0.25, 0.3) is 0 Å². The number of aliphatic hydroxyl groups excluding tert-OH is 2. The highest BCUT2D eigenvalue weighted by atomic mass is 16.7. The second-order valence-corrected chi connectivity index (χ2v) is 4.65. The van der Waals surface area contributed by atoms with Crippen molar-refractivity contribution >= 4 is 0 Å².